The van der Waals surface area contributed by atoms with Gasteiger partial charge in [-0.3, -0.25) is 14.6 Å². The molecule has 0 spiro atoms. The molecule has 202 valence electrons. The Morgan fingerprint density at radius 2 is 1.86 bits per heavy atom. The highest BCUT2D eigenvalue weighted by Gasteiger charge is 2.34. The van der Waals surface area contributed by atoms with E-state index in [9.17, 15) is 4.79 Å². The van der Waals surface area contributed by atoms with Crippen LogP contribution in [0.5, 0.6) is 0 Å². The van der Waals surface area contributed by atoms with Gasteiger partial charge in [-0.2, -0.15) is 0 Å². The molecular weight excluding hydrogens is 513 g/mol. The van der Waals surface area contributed by atoms with Gasteiger partial charge >= 0.3 is 0 Å². The molecule has 2 saturated heterocycles. The van der Waals surface area contributed by atoms with Crippen LogP contribution in [0.2, 0.25) is 10.2 Å². The predicted octanol–water partition coefficient (Wildman–Crippen LogP) is 3.04. The molecule has 9 nitrogen and oxygen atoms in total. The van der Waals surface area contributed by atoms with Gasteiger partial charge in [-0.15, -0.1) is 0 Å². The number of rotatable bonds is 9. The summed E-state index contributed by atoms with van der Waals surface area (Å²) in [6, 6.07) is 9.07. The fraction of sp³-hybridized carbons (Fsp3) is 0.577. The number of amides is 1. The van der Waals surface area contributed by atoms with Crippen molar-refractivity contribution in [2.75, 3.05) is 56.5 Å². The largest absolute Gasteiger partial charge is 0.396 e. The highest BCUT2D eigenvalue weighted by atomic mass is 35.5. The molecular formula is C26H37Cl2N7O2. The number of carbonyl (C=O) groups excluding carboxylic acids is 1. The Hall–Kier alpha value is -2.17. The third kappa shape index (κ3) is 7.03. The molecule has 37 heavy (non-hydrogen) atoms. The van der Waals surface area contributed by atoms with Gasteiger partial charge in [0.2, 0.25) is 0 Å². The standard InChI is InChI=1S/C26H37Cl2N7O2/c1-2-20-17-34(25-23(28)31-22(24(29)32-25)26(37)30-10-3-15-36)13-14-35(20)21-8-11-33(12-9-21)16-18-4-6-19(27)7-5-18/h4-7,20-21,36H,2-3,8-17H2,1H3,(H2,29,32)(H,30,37)/t20-/m0/s1. The maximum Gasteiger partial charge on any atom is 0.273 e. The molecule has 4 rings (SSSR count). The molecule has 1 atom stereocenters. The minimum Gasteiger partial charge on any atom is -0.396 e. The molecule has 1 aromatic heterocycles. The van der Waals surface area contributed by atoms with Gasteiger partial charge < -0.3 is 21.1 Å². The molecule has 3 heterocycles. The van der Waals surface area contributed by atoms with Gasteiger partial charge in [-0.25, -0.2) is 9.97 Å². The summed E-state index contributed by atoms with van der Waals surface area (Å²) >= 11 is 12.5. The van der Waals surface area contributed by atoms with Crippen molar-refractivity contribution in [2.24, 2.45) is 0 Å². The molecule has 2 aliphatic heterocycles. The molecule has 11 heteroatoms. The average molecular weight is 551 g/mol. The molecule has 1 amide bonds. The molecule has 2 aliphatic rings. The monoisotopic (exact) mass is 549 g/mol. The number of anilines is 2. The van der Waals surface area contributed by atoms with E-state index in [1.165, 1.54) is 5.56 Å². The lowest BCUT2D eigenvalue weighted by atomic mass is 9.98. The van der Waals surface area contributed by atoms with E-state index in [4.69, 9.17) is 34.0 Å². The van der Waals surface area contributed by atoms with Gasteiger partial charge in [-0.1, -0.05) is 42.3 Å². The van der Waals surface area contributed by atoms with Crippen LogP contribution in [0, 0.1) is 0 Å². The molecule has 0 bridgehead atoms. The van der Waals surface area contributed by atoms with Crippen LogP contribution in [0.1, 0.15) is 48.7 Å². The Bertz CT molecular complexity index is 1050. The first-order valence-electron chi connectivity index (χ1n) is 13.1. The maximum absolute atomic E-state index is 12.4. The summed E-state index contributed by atoms with van der Waals surface area (Å²) in [6.07, 6.45) is 3.78. The fourth-order valence-corrected chi connectivity index (χ4v) is 5.69. The molecule has 2 fully saturated rings. The number of hydrogen-bond donors (Lipinski definition) is 3. The van der Waals surface area contributed by atoms with Crippen molar-refractivity contribution in [1.82, 2.24) is 25.1 Å². The molecule has 0 radical (unpaired) electrons. The van der Waals surface area contributed by atoms with Crippen LogP contribution in [0.15, 0.2) is 24.3 Å². The Morgan fingerprint density at radius 1 is 1.14 bits per heavy atom. The number of nitrogens with two attached hydrogens (primary N) is 1. The quantitative estimate of drug-likeness (QED) is 0.409. The highest BCUT2D eigenvalue weighted by molar-refractivity contribution is 6.32. The smallest absolute Gasteiger partial charge is 0.273 e. The number of aliphatic hydroxyl groups excluding tert-OH is 1. The molecule has 0 saturated carbocycles. The number of piperidine rings is 1. The molecule has 0 aliphatic carbocycles. The summed E-state index contributed by atoms with van der Waals surface area (Å²) in [5.41, 5.74) is 7.41. The summed E-state index contributed by atoms with van der Waals surface area (Å²) in [5, 5.41) is 12.5. The van der Waals surface area contributed by atoms with Crippen molar-refractivity contribution in [3.05, 3.63) is 45.7 Å². The average Bonchev–Trinajstić information content (AvgIpc) is 2.91. The van der Waals surface area contributed by atoms with E-state index in [1.807, 2.05) is 12.1 Å². The summed E-state index contributed by atoms with van der Waals surface area (Å²) in [7, 11) is 0. The molecule has 4 N–H and O–H groups in total. The zero-order valence-electron chi connectivity index (χ0n) is 21.4. The molecule has 2 aromatic rings. The number of nitrogen functional groups attached to an aromatic ring is 1. The number of aliphatic hydroxyl groups is 1. The van der Waals surface area contributed by atoms with E-state index in [-0.39, 0.29) is 23.3 Å². The molecule has 1 aromatic carbocycles. The Kier molecular flexibility index (Phi) is 9.83. The van der Waals surface area contributed by atoms with Crippen LogP contribution < -0.4 is 16.0 Å². The third-order valence-electron chi connectivity index (χ3n) is 7.34. The van der Waals surface area contributed by atoms with Gasteiger partial charge in [-0.05, 0) is 56.5 Å². The zero-order valence-corrected chi connectivity index (χ0v) is 22.9. The van der Waals surface area contributed by atoms with Gasteiger partial charge in [0.05, 0.1) is 0 Å². The summed E-state index contributed by atoms with van der Waals surface area (Å²) in [4.78, 5) is 28.4. The maximum atomic E-state index is 12.4. The number of likely N-dealkylation sites (tertiary alicyclic amines) is 1. The topological polar surface area (TPSA) is 111 Å². The highest BCUT2D eigenvalue weighted by Crippen LogP contribution is 2.30. The summed E-state index contributed by atoms with van der Waals surface area (Å²) in [5.74, 6) is 0.150. The van der Waals surface area contributed by atoms with Crippen LogP contribution in [0.4, 0.5) is 11.6 Å². The lowest BCUT2D eigenvalue weighted by Gasteiger charge is -2.47. The van der Waals surface area contributed by atoms with E-state index in [1.54, 1.807) is 0 Å². The lowest BCUT2D eigenvalue weighted by Crippen LogP contribution is -2.58. The first kappa shape index (κ1) is 27.9. The summed E-state index contributed by atoms with van der Waals surface area (Å²) in [6.45, 7) is 8.15. The number of piperazine rings is 1. The van der Waals surface area contributed by atoms with E-state index in [0.717, 1.165) is 63.6 Å². The van der Waals surface area contributed by atoms with Crippen molar-refractivity contribution in [3.63, 3.8) is 0 Å². The van der Waals surface area contributed by atoms with E-state index in [2.05, 4.69) is 49.0 Å². The Morgan fingerprint density at radius 3 is 2.54 bits per heavy atom. The predicted molar refractivity (Wildman–Crippen MR) is 148 cm³/mol. The van der Waals surface area contributed by atoms with Crippen molar-refractivity contribution in [2.45, 2.75) is 51.2 Å². The second-order valence-electron chi connectivity index (χ2n) is 9.78. The molecule has 0 unspecified atom stereocenters. The third-order valence-corrected chi connectivity index (χ3v) is 7.85. The SMILES string of the molecule is CC[C@H]1CN(c2nc(N)c(C(=O)NCCCO)nc2Cl)CCN1C1CCN(Cc2ccc(Cl)cc2)CC1. The van der Waals surface area contributed by atoms with Crippen molar-refractivity contribution in [1.29, 1.82) is 0 Å². The normalized spacial score (nSPS) is 19.8. The summed E-state index contributed by atoms with van der Waals surface area (Å²) < 4.78 is 0. The van der Waals surface area contributed by atoms with Crippen molar-refractivity contribution < 1.29 is 9.90 Å². The zero-order chi connectivity index (χ0) is 26.4. The minimum absolute atomic E-state index is 0.00573. The Labute approximate surface area is 228 Å². The van der Waals surface area contributed by atoms with Gasteiger partial charge in [0.15, 0.2) is 22.5 Å². The van der Waals surface area contributed by atoms with E-state index >= 15 is 0 Å². The van der Waals surface area contributed by atoms with Gasteiger partial charge in [0.1, 0.15) is 0 Å². The number of hydrogen-bond acceptors (Lipinski definition) is 8. The minimum atomic E-state index is -0.439. The van der Waals surface area contributed by atoms with Crippen LogP contribution in [0.25, 0.3) is 0 Å². The van der Waals surface area contributed by atoms with E-state index in [0.29, 0.717) is 30.9 Å². The second-order valence-corrected chi connectivity index (χ2v) is 10.6. The number of halogens is 2. The number of benzene rings is 1. The van der Waals surface area contributed by atoms with E-state index < -0.39 is 5.91 Å². The first-order valence-corrected chi connectivity index (χ1v) is 13.8. The van der Waals surface area contributed by atoms with Crippen LogP contribution in [-0.2, 0) is 6.54 Å². The number of aromatic nitrogens is 2. The van der Waals surface area contributed by atoms with Crippen LogP contribution in [-0.4, -0.2) is 88.7 Å². The van der Waals surface area contributed by atoms with Gasteiger partial charge in [0, 0.05) is 56.4 Å². The van der Waals surface area contributed by atoms with Crippen LogP contribution in [0.3, 0.4) is 0 Å². The van der Waals surface area contributed by atoms with Crippen molar-refractivity contribution >= 4 is 40.7 Å². The number of carbonyl (C=O) groups is 1. The number of nitrogens with zero attached hydrogens (tertiary/aromatic N) is 5. The first-order chi connectivity index (χ1) is 17.9. The fourth-order valence-electron chi connectivity index (χ4n) is 5.31. The lowest BCUT2D eigenvalue weighted by molar-refractivity contribution is 0.0610. The number of nitrogens with one attached hydrogen (secondary N) is 1. The Balaban J connectivity index is 1.34. The van der Waals surface area contributed by atoms with Crippen LogP contribution >= 0.6 is 23.2 Å². The second kappa shape index (κ2) is 13.1. The van der Waals surface area contributed by atoms with Crippen molar-refractivity contribution in [3.8, 4) is 0 Å². The van der Waals surface area contributed by atoms with Gasteiger partial charge in [0.25, 0.3) is 5.91 Å².